The number of carbonyl (C=O) groups is 1. The highest BCUT2D eigenvalue weighted by Crippen LogP contribution is 2.23. The summed E-state index contributed by atoms with van der Waals surface area (Å²) < 4.78 is 1.04. The van der Waals surface area contributed by atoms with E-state index in [-0.39, 0.29) is 5.91 Å². The lowest BCUT2D eigenvalue weighted by molar-refractivity contribution is 0.103. The van der Waals surface area contributed by atoms with E-state index in [1.165, 1.54) is 11.3 Å². The summed E-state index contributed by atoms with van der Waals surface area (Å²) in [5, 5.41) is 7.97. The summed E-state index contributed by atoms with van der Waals surface area (Å²) in [6.07, 6.45) is 1.64. The van der Waals surface area contributed by atoms with Crippen LogP contribution in [0.3, 0.4) is 0 Å². The van der Waals surface area contributed by atoms with Crippen molar-refractivity contribution in [2.75, 3.05) is 10.6 Å². The molecule has 0 fully saturated rings. The van der Waals surface area contributed by atoms with Gasteiger partial charge in [0.25, 0.3) is 5.91 Å². The largest absolute Gasteiger partial charge is 0.340 e. The Labute approximate surface area is 146 Å². The summed E-state index contributed by atoms with van der Waals surface area (Å²) in [7, 11) is 0. The van der Waals surface area contributed by atoms with Crippen LogP contribution in [0.15, 0.2) is 58.5 Å². The lowest BCUT2D eigenvalue weighted by Gasteiger charge is -2.10. The number of aromatic nitrogens is 1. The average molecular weight is 388 g/mol. The van der Waals surface area contributed by atoms with Crippen molar-refractivity contribution in [1.29, 1.82) is 0 Å². The maximum Gasteiger partial charge on any atom is 0.265 e. The molecule has 0 atom stereocenters. The molecule has 6 heteroatoms. The molecule has 116 valence electrons. The van der Waals surface area contributed by atoms with Crippen molar-refractivity contribution in [3.05, 3.63) is 69.0 Å². The molecule has 0 saturated carbocycles. The number of nitrogens with zero attached hydrogens (tertiary/aromatic N) is 1. The summed E-state index contributed by atoms with van der Waals surface area (Å²) in [5.74, 6) is 0.607. The highest BCUT2D eigenvalue weighted by Gasteiger charge is 2.07. The van der Waals surface area contributed by atoms with Gasteiger partial charge in [0.2, 0.25) is 0 Å². The van der Waals surface area contributed by atoms with Gasteiger partial charge in [0.05, 0.1) is 16.8 Å². The van der Waals surface area contributed by atoms with E-state index in [1.807, 2.05) is 48.7 Å². The number of thiophene rings is 1. The van der Waals surface area contributed by atoms with Gasteiger partial charge < -0.3 is 10.6 Å². The molecule has 0 saturated heterocycles. The van der Waals surface area contributed by atoms with Gasteiger partial charge >= 0.3 is 0 Å². The first kappa shape index (κ1) is 15.7. The topological polar surface area (TPSA) is 54.0 Å². The summed E-state index contributed by atoms with van der Waals surface area (Å²) in [6.45, 7) is 2.03. The number of carbonyl (C=O) groups excluding carboxylic acids is 1. The van der Waals surface area contributed by atoms with E-state index >= 15 is 0 Å². The minimum Gasteiger partial charge on any atom is -0.340 e. The molecule has 0 aliphatic heterocycles. The molecular weight excluding hydrogens is 374 g/mol. The third-order valence-corrected chi connectivity index (χ3v) is 4.58. The van der Waals surface area contributed by atoms with E-state index < -0.39 is 0 Å². The number of anilines is 3. The maximum absolute atomic E-state index is 12.0. The van der Waals surface area contributed by atoms with E-state index in [0.717, 1.165) is 21.5 Å². The fourth-order valence-electron chi connectivity index (χ4n) is 2.05. The molecule has 2 aromatic heterocycles. The van der Waals surface area contributed by atoms with Gasteiger partial charge in [-0.15, -0.1) is 11.3 Å². The van der Waals surface area contributed by atoms with Crippen molar-refractivity contribution in [3.63, 3.8) is 0 Å². The summed E-state index contributed by atoms with van der Waals surface area (Å²) in [4.78, 5) is 17.0. The van der Waals surface area contributed by atoms with Crippen molar-refractivity contribution in [1.82, 2.24) is 4.98 Å². The van der Waals surface area contributed by atoms with Gasteiger partial charge in [0, 0.05) is 10.2 Å². The lowest BCUT2D eigenvalue weighted by atomic mass is 10.2. The van der Waals surface area contributed by atoms with Crippen molar-refractivity contribution in [3.8, 4) is 0 Å². The maximum atomic E-state index is 12.0. The van der Waals surface area contributed by atoms with Gasteiger partial charge in [-0.2, -0.15) is 0 Å². The number of hydrogen-bond donors (Lipinski definition) is 2. The fourth-order valence-corrected chi connectivity index (χ4v) is 3.14. The molecule has 0 radical (unpaired) electrons. The van der Waals surface area contributed by atoms with Crippen LogP contribution in [0.5, 0.6) is 0 Å². The number of nitrogens with one attached hydrogen (secondary N) is 2. The minimum absolute atomic E-state index is 0.119. The molecule has 0 aliphatic carbocycles. The number of halogens is 1. The van der Waals surface area contributed by atoms with Gasteiger partial charge in [-0.05, 0) is 54.3 Å². The van der Waals surface area contributed by atoms with Crippen molar-refractivity contribution < 1.29 is 4.79 Å². The number of benzene rings is 1. The first-order chi connectivity index (χ1) is 11.1. The molecule has 3 aromatic rings. The molecule has 0 spiro atoms. The molecule has 1 aromatic carbocycles. The van der Waals surface area contributed by atoms with E-state index in [9.17, 15) is 4.79 Å². The van der Waals surface area contributed by atoms with E-state index in [0.29, 0.717) is 10.6 Å². The summed E-state index contributed by atoms with van der Waals surface area (Å²) >= 11 is 4.86. The first-order valence-electron chi connectivity index (χ1n) is 6.96. The molecule has 23 heavy (non-hydrogen) atoms. The number of amides is 1. The van der Waals surface area contributed by atoms with Crippen LogP contribution in [0.25, 0.3) is 0 Å². The Morgan fingerprint density at radius 2 is 2.09 bits per heavy atom. The van der Waals surface area contributed by atoms with Gasteiger partial charge in [0.1, 0.15) is 5.82 Å². The molecule has 0 unspecified atom stereocenters. The van der Waals surface area contributed by atoms with E-state index in [4.69, 9.17) is 0 Å². The van der Waals surface area contributed by atoms with Crippen LogP contribution in [0.2, 0.25) is 0 Å². The summed E-state index contributed by atoms with van der Waals surface area (Å²) in [5.41, 5.74) is 2.79. The Morgan fingerprint density at radius 1 is 1.22 bits per heavy atom. The van der Waals surface area contributed by atoms with E-state index in [1.54, 1.807) is 12.3 Å². The van der Waals surface area contributed by atoms with Gasteiger partial charge in [-0.25, -0.2) is 4.98 Å². The summed E-state index contributed by atoms with van der Waals surface area (Å²) in [6, 6.07) is 13.3. The average Bonchev–Trinajstić information content (AvgIpc) is 3.06. The smallest absolute Gasteiger partial charge is 0.265 e. The molecular formula is C17H14BrN3OS. The van der Waals surface area contributed by atoms with E-state index in [2.05, 4.69) is 31.5 Å². The predicted octanol–water partition coefficient (Wildman–Crippen LogP) is 5.21. The number of hydrogen-bond acceptors (Lipinski definition) is 4. The van der Waals surface area contributed by atoms with Crippen LogP contribution < -0.4 is 10.6 Å². The third-order valence-electron chi connectivity index (χ3n) is 3.22. The quantitative estimate of drug-likeness (QED) is 0.645. The third kappa shape index (κ3) is 3.97. The molecule has 1 amide bonds. The van der Waals surface area contributed by atoms with Gasteiger partial charge in [-0.3, -0.25) is 4.79 Å². The van der Waals surface area contributed by atoms with Gasteiger partial charge in [-0.1, -0.05) is 22.0 Å². The minimum atomic E-state index is -0.119. The Hall–Kier alpha value is -2.18. The highest BCUT2D eigenvalue weighted by atomic mass is 79.9. The predicted molar refractivity (Wildman–Crippen MR) is 98.7 cm³/mol. The van der Waals surface area contributed by atoms with Crippen LogP contribution in [-0.4, -0.2) is 10.9 Å². The van der Waals surface area contributed by atoms with Crippen LogP contribution in [0.4, 0.5) is 17.2 Å². The highest BCUT2D eigenvalue weighted by molar-refractivity contribution is 9.10. The Kier molecular flexibility index (Phi) is 4.73. The zero-order valence-corrected chi connectivity index (χ0v) is 14.7. The monoisotopic (exact) mass is 387 g/mol. The lowest BCUT2D eigenvalue weighted by Crippen LogP contribution is -2.10. The number of pyridine rings is 1. The second-order valence-electron chi connectivity index (χ2n) is 4.95. The molecule has 0 aliphatic rings. The molecule has 3 rings (SSSR count). The number of rotatable bonds is 4. The van der Waals surface area contributed by atoms with Crippen LogP contribution in [0, 0.1) is 6.92 Å². The van der Waals surface area contributed by atoms with Crippen molar-refractivity contribution in [2.45, 2.75) is 6.92 Å². The first-order valence-corrected chi connectivity index (χ1v) is 8.63. The molecule has 0 bridgehead atoms. The zero-order valence-electron chi connectivity index (χ0n) is 12.3. The van der Waals surface area contributed by atoms with Crippen LogP contribution >= 0.6 is 27.3 Å². The molecule has 2 N–H and O–H groups in total. The second kappa shape index (κ2) is 6.93. The van der Waals surface area contributed by atoms with Gasteiger partial charge in [0.15, 0.2) is 0 Å². The second-order valence-corrected chi connectivity index (χ2v) is 6.81. The standard InChI is InChI=1S/C17H14BrN3OS/c1-11-9-12(18)4-6-14(11)21-16-7-5-13(10-19-16)20-17(22)15-3-2-8-23-15/h2-10H,1H3,(H,19,21)(H,20,22). The molecule has 4 nitrogen and oxygen atoms in total. The van der Waals surface area contributed by atoms with Crippen molar-refractivity contribution >= 4 is 50.4 Å². The molecule has 2 heterocycles. The van der Waals surface area contributed by atoms with Crippen LogP contribution in [-0.2, 0) is 0 Å². The SMILES string of the molecule is Cc1cc(Br)ccc1Nc1ccc(NC(=O)c2cccs2)cn1. The Balaban J connectivity index is 1.68. The number of aryl methyl sites for hydroxylation is 1. The Morgan fingerprint density at radius 3 is 2.74 bits per heavy atom. The van der Waals surface area contributed by atoms with Crippen LogP contribution in [0.1, 0.15) is 15.2 Å². The fraction of sp³-hybridized carbons (Fsp3) is 0.0588. The van der Waals surface area contributed by atoms with Crippen molar-refractivity contribution in [2.24, 2.45) is 0 Å². The zero-order chi connectivity index (χ0) is 16.2. The normalized spacial score (nSPS) is 10.3. The Bertz CT molecular complexity index is 816.